The molecule has 2 aromatic carbocycles. The first-order valence-corrected chi connectivity index (χ1v) is 10.4. The highest BCUT2D eigenvalue weighted by atomic mass is 79.9. The van der Waals surface area contributed by atoms with Gasteiger partial charge in [-0.25, -0.2) is 9.59 Å². The summed E-state index contributed by atoms with van der Waals surface area (Å²) in [5, 5.41) is 14.9. The number of rotatable bonds is 9. The van der Waals surface area contributed by atoms with Gasteiger partial charge in [0.25, 0.3) is 0 Å². The zero-order chi connectivity index (χ0) is 22.8. The molecule has 8 nitrogen and oxygen atoms in total. The molecular formula is C22H25BrN2O6. The lowest BCUT2D eigenvalue weighted by molar-refractivity contribution is -0.145. The van der Waals surface area contributed by atoms with Crippen molar-refractivity contribution >= 4 is 33.9 Å². The van der Waals surface area contributed by atoms with Gasteiger partial charge in [0, 0.05) is 10.9 Å². The third-order valence-electron chi connectivity index (χ3n) is 4.41. The number of esters is 1. The molecule has 0 heterocycles. The summed E-state index contributed by atoms with van der Waals surface area (Å²) < 4.78 is 10.8. The van der Waals surface area contributed by atoms with Crippen LogP contribution in [0.5, 0.6) is 0 Å². The summed E-state index contributed by atoms with van der Waals surface area (Å²) in [5.74, 6) is -1.38. The van der Waals surface area contributed by atoms with Gasteiger partial charge in [0.1, 0.15) is 18.7 Å². The van der Waals surface area contributed by atoms with Gasteiger partial charge in [0.05, 0.1) is 13.2 Å². The molecule has 0 fully saturated rings. The van der Waals surface area contributed by atoms with Crippen LogP contribution in [0.2, 0.25) is 0 Å². The number of alkyl carbamates (subject to hydrolysis) is 1. The van der Waals surface area contributed by atoms with Gasteiger partial charge >= 0.3 is 12.1 Å². The maximum absolute atomic E-state index is 12.7. The molecule has 3 atom stereocenters. The number of nitrogens with one attached hydrogen (secondary N) is 2. The maximum atomic E-state index is 12.7. The summed E-state index contributed by atoms with van der Waals surface area (Å²) in [5.41, 5.74) is 1.57. The summed E-state index contributed by atoms with van der Waals surface area (Å²) in [6, 6.07) is 13.9. The van der Waals surface area contributed by atoms with Crippen molar-refractivity contribution in [2.75, 3.05) is 7.11 Å². The minimum Gasteiger partial charge on any atom is -0.467 e. The van der Waals surface area contributed by atoms with Gasteiger partial charge < -0.3 is 25.2 Å². The second kappa shape index (κ2) is 12.1. The Morgan fingerprint density at radius 2 is 1.65 bits per heavy atom. The third-order valence-corrected chi connectivity index (χ3v) is 4.93. The van der Waals surface area contributed by atoms with E-state index in [0.29, 0.717) is 0 Å². The first-order valence-electron chi connectivity index (χ1n) is 9.58. The van der Waals surface area contributed by atoms with E-state index in [1.165, 1.54) is 14.0 Å². The van der Waals surface area contributed by atoms with Gasteiger partial charge in [0.2, 0.25) is 5.91 Å². The SMILES string of the molecule is COC(=O)[C@@H](Cc1ccc(Br)cc1)NC(=O)[C@@H](NC(=O)OCc1ccccc1)[C@@H](C)O. The molecule has 0 aliphatic carbocycles. The normalized spacial score (nSPS) is 13.4. The summed E-state index contributed by atoms with van der Waals surface area (Å²) in [6.45, 7) is 1.36. The Kier molecular flexibility index (Phi) is 9.48. The van der Waals surface area contributed by atoms with Crippen molar-refractivity contribution in [3.05, 3.63) is 70.2 Å². The van der Waals surface area contributed by atoms with Crippen molar-refractivity contribution in [1.29, 1.82) is 0 Å². The van der Waals surface area contributed by atoms with E-state index in [1.54, 1.807) is 36.4 Å². The van der Waals surface area contributed by atoms with E-state index < -0.39 is 36.2 Å². The molecular weight excluding hydrogens is 468 g/mol. The summed E-state index contributed by atoms with van der Waals surface area (Å²) in [7, 11) is 1.22. The van der Waals surface area contributed by atoms with Crippen LogP contribution in [0.4, 0.5) is 4.79 Å². The van der Waals surface area contributed by atoms with E-state index in [9.17, 15) is 19.5 Å². The number of benzene rings is 2. The van der Waals surface area contributed by atoms with Crippen LogP contribution in [0, 0.1) is 0 Å². The highest BCUT2D eigenvalue weighted by Gasteiger charge is 2.30. The molecule has 31 heavy (non-hydrogen) atoms. The van der Waals surface area contributed by atoms with Crippen LogP contribution in [0.25, 0.3) is 0 Å². The second-order valence-corrected chi connectivity index (χ2v) is 7.75. The van der Waals surface area contributed by atoms with Crippen molar-refractivity contribution in [2.24, 2.45) is 0 Å². The number of halogens is 1. The van der Waals surface area contributed by atoms with Crippen LogP contribution >= 0.6 is 15.9 Å². The van der Waals surface area contributed by atoms with E-state index in [0.717, 1.165) is 15.6 Å². The van der Waals surface area contributed by atoms with Gasteiger partial charge in [-0.05, 0) is 30.2 Å². The number of carbonyl (C=O) groups is 3. The molecule has 0 aromatic heterocycles. The number of methoxy groups -OCH3 is 1. The molecule has 0 saturated carbocycles. The average molecular weight is 493 g/mol. The highest BCUT2D eigenvalue weighted by Crippen LogP contribution is 2.13. The van der Waals surface area contributed by atoms with Crippen molar-refractivity contribution < 1.29 is 29.0 Å². The standard InChI is InChI=1S/C22H25BrN2O6/c1-14(26)19(25-22(29)31-13-16-6-4-3-5-7-16)20(27)24-18(21(28)30-2)12-15-8-10-17(23)11-9-15/h3-11,14,18-19,26H,12-13H2,1-2H3,(H,24,27)(H,25,29)/t14-,18-,19+/m1/s1. The zero-order valence-corrected chi connectivity index (χ0v) is 18.8. The van der Waals surface area contributed by atoms with Crippen LogP contribution in [0.3, 0.4) is 0 Å². The number of carbonyl (C=O) groups excluding carboxylic acids is 3. The highest BCUT2D eigenvalue weighted by molar-refractivity contribution is 9.10. The van der Waals surface area contributed by atoms with Crippen molar-refractivity contribution in [3.63, 3.8) is 0 Å². The molecule has 0 aliphatic rings. The summed E-state index contributed by atoms with van der Waals surface area (Å²) in [4.78, 5) is 37.0. The molecule has 0 radical (unpaired) electrons. The smallest absolute Gasteiger partial charge is 0.408 e. The van der Waals surface area contributed by atoms with Gasteiger partial charge in [-0.15, -0.1) is 0 Å². The number of hydrogen-bond donors (Lipinski definition) is 3. The largest absolute Gasteiger partial charge is 0.467 e. The number of aliphatic hydroxyl groups excluding tert-OH is 1. The van der Waals surface area contributed by atoms with E-state index in [4.69, 9.17) is 9.47 Å². The number of amides is 2. The zero-order valence-electron chi connectivity index (χ0n) is 17.2. The topological polar surface area (TPSA) is 114 Å². The van der Waals surface area contributed by atoms with E-state index >= 15 is 0 Å². The van der Waals surface area contributed by atoms with Crippen LogP contribution in [0.15, 0.2) is 59.1 Å². The molecule has 0 spiro atoms. The molecule has 9 heteroatoms. The van der Waals surface area contributed by atoms with Crippen LogP contribution < -0.4 is 10.6 Å². The third kappa shape index (κ3) is 8.03. The molecule has 0 saturated heterocycles. The molecule has 2 rings (SSSR count). The Bertz CT molecular complexity index is 873. The van der Waals surface area contributed by atoms with Gasteiger partial charge in [-0.1, -0.05) is 58.4 Å². The molecule has 0 bridgehead atoms. The van der Waals surface area contributed by atoms with Gasteiger partial charge in [-0.2, -0.15) is 0 Å². The minimum atomic E-state index is -1.32. The molecule has 3 N–H and O–H groups in total. The molecule has 0 unspecified atom stereocenters. The molecule has 2 amide bonds. The van der Waals surface area contributed by atoms with Crippen LogP contribution in [0.1, 0.15) is 18.1 Å². The fourth-order valence-electron chi connectivity index (χ4n) is 2.75. The lowest BCUT2D eigenvalue weighted by Gasteiger charge is -2.24. The monoisotopic (exact) mass is 492 g/mol. The fraction of sp³-hybridized carbons (Fsp3) is 0.318. The van der Waals surface area contributed by atoms with Gasteiger partial charge in [-0.3, -0.25) is 4.79 Å². The summed E-state index contributed by atoms with van der Waals surface area (Å²) >= 11 is 3.34. The summed E-state index contributed by atoms with van der Waals surface area (Å²) in [6.07, 6.45) is -1.92. The van der Waals surface area contributed by atoms with E-state index in [1.807, 2.05) is 18.2 Å². The van der Waals surface area contributed by atoms with Crippen molar-refractivity contribution in [1.82, 2.24) is 10.6 Å². The first kappa shape index (κ1) is 24.4. The Hall–Kier alpha value is -2.91. The quantitative estimate of drug-likeness (QED) is 0.462. The molecule has 0 aliphatic heterocycles. The maximum Gasteiger partial charge on any atom is 0.408 e. The molecule has 166 valence electrons. The lowest BCUT2D eigenvalue weighted by Crippen LogP contribution is -2.56. The molecule has 2 aromatic rings. The number of ether oxygens (including phenoxy) is 2. The predicted molar refractivity (Wildman–Crippen MR) is 117 cm³/mol. The van der Waals surface area contributed by atoms with Crippen molar-refractivity contribution in [3.8, 4) is 0 Å². The van der Waals surface area contributed by atoms with Crippen molar-refractivity contribution in [2.45, 2.75) is 38.1 Å². The van der Waals surface area contributed by atoms with Crippen LogP contribution in [-0.2, 0) is 32.1 Å². The first-order chi connectivity index (χ1) is 14.8. The van der Waals surface area contributed by atoms with Gasteiger partial charge in [0.15, 0.2) is 0 Å². The fourth-order valence-corrected chi connectivity index (χ4v) is 3.01. The second-order valence-electron chi connectivity index (χ2n) is 6.84. The average Bonchev–Trinajstić information content (AvgIpc) is 2.76. The lowest BCUT2D eigenvalue weighted by atomic mass is 10.0. The Labute approximate surface area is 189 Å². The Morgan fingerprint density at radius 3 is 2.23 bits per heavy atom. The van der Waals surface area contributed by atoms with E-state index in [2.05, 4.69) is 26.6 Å². The Morgan fingerprint density at radius 1 is 1.00 bits per heavy atom. The number of aliphatic hydroxyl groups is 1. The predicted octanol–water partition coefficient (Wildman–Crippen LogP) is 2.33. The Balaban J connectivity index is 2.00. The minimum absolute atomic E-state index is 0.00910. The van der Waals surface area contributed by atoms with E-state index in [-0.39, 0.29) is 13.0 Å². The van der Waals surface area contributed by atoms with Crippen LogP contribution in [-0.4, -0.2) is 48.4 Å². The number of hydrogen-bond acceptors (Lipinski definition) is 6.